The van der Waals surface area contributed by atoms with Crippen LogP contribution in [0.3, 0.4) is 0 Å². The highest BCUT2D eigenvalue weighted by Gasteiger charge is 2.23. The van der Waals surface area contributed by atoms with Gasteiger partial charge in [0.2, 0.25) is 5.78 Å². The van der Waals surface area contributed by atoms with E-state index >= 15 is 0 Å². The van der Waals surface area contributed by atoms with Crippen molar-refractivity contribution in [3.8, 4) is 22.5 Å². The van der Waals surface area contributed by atoms with Crippen molar-refractivity contribution in [3.63, 3.8) is 0 Å². The molecule has 0 fully saturated rings. The van der Waals surface area contributed by atoms with Crippen LogP contribution in [0.15, 0.2) is 68.3 Å². The van der Waals surface area contributed by atoms with Crippen LogP contribution in [0, 0.1) is 12.3 Å². The summed E-state index contributed by atoms with van der Waals surface area (Å²) in [4.78, 5) is 38.9. The van der Waals surface area contributed by atoms with Crippen molar-refractivity contribution in [1.29, 1.82) is 0 Å². The number of rotatable bonds is 10. The van der Waals surface area contributed by atoms with Gasteiger partial charge in [-0.15, -0.1) is 0 Å². The van der Waals surface area contributed by atoms with Crippen molar-refractivity contribution >= 4 is 12.0 Å². The van der Waals surface area contributed by atoms with Crippen LogP contribution in [0.1, 0.15) is 70.6 Å². The minimum absolute atomic E-state index is 0.0523. The van der Waals surface area contributed by atoms with Gasteiger partial charge < -0.3 is 0 Å². The van der Waals surface area contributed by atoms with E-state index in [0.717, 1.165) is 40.1 Å². The standard InChI is InChI=1S/C33H39N7O4/c1-8-11-27-26(18-22-14-16-23(17-15-22)24-12-9-10-13-25(24)29-35-32(42)44-38-29)30(41)39(31-34-21(4)36-40(27)31)19-28(33(5,6)7)37-43-20(2)3/h9-10,12-17,19-20,37H,8,11,18H2,1-7H3,(H,35,38,42)/b28-19-. The fraction of sp³-hybridized carbons (Fsp3) is 0.364. The van der Waals surface area contributed by atoms with E-state index in [1.807, 2.05) is 69.3 Å². The first-order valence-corrected chi connectivity index (χ1v) is 14.8. The van der Waals surface area contributed by atoms with Gasteiger partial charge in [-0.3, -0.25) is 24.6 Å². The molecule has 44 heavy (non-hydrogen) atoms. The highest BCUT2D eigenvalue weighted by molar-refractivity contribution is 5.80. The van der Waals surface area contributed by atoms with E-state index in [2.05, 4.69) is 48.3 Å². The number of fused-ring (bicyclic) bond motifs is 1. The number of H-pyrrole nitrogens is 1. The van der Waals surface area contributed by atoms with E-state index in [9.17, 15) is 9.59 Å². The molecule has 0 saturated carbocycles. The van der Waals surface area contributed by atoms with Crippen LogP contribution < -0.4 is 16.8 Å². The summed E-state index contributed by atoms with van der Waals surface area (Å²) >= 11 is 0. The number of hydrogen-bond donors (Lipinski definition) is 2. The van der Waals surface area contributed by atoms with Gasteiger partial charge in [0.25, 0.3) is 5.56 Å². The van der Waals surface area contributed by atoms with Gasteiger partial charge in [0.1, 0.15) is 5.82 Å². The molecule has 0 bridgehead atoms. The van der Waals surface area contributed by atoms with Crippen molar-refractivity contribution in [1.82, 2.24) is 34.8 Å². The SMILES string of the molecule is CCCc1c(Cc2ccc(-c3ccccc3-c3noc(=O)[nH]3)cc2)c(=O)n(/C=C(\NOC(C)C)C(C)(C)C)c2nc(C)nn12. The Morgan fingerprint density at radius 2 is 1.80 bits per heavy atom. The molecule has 0 aliphatic heterocycles. The molecule has 0 aliphatic rings. The molecule has 0 aliphatic carbocycles. The van der Waals surface area contributed by atoms with Gasteiger partial charge in [-0.25, -0.2) is 13.9 Å². The Morgan fingerprint density at radius 1 is 1.09 bits per heavy atom. The molecule has 0 saturated heterocycles. The Balaban J connectivity index is 1.60. The predicted octanol–water partition coefficient (Wildman–Crippen LogP) is 5.53. The first kappa shape index (κ1) is 30.7. The van der Waals surface area contributed by atoms with E-state index in [0.29, 0.717) is 35.8 Å². The lowest BCUT2D eigenvalue weighted by Gasteiger charge is -2.25. The van der Waals surface area contributed by atoms with Crippen molar-refractivity contribution in [2.24, 2.45) is 5.41 Å². The van der Waals surface area contributed by atoms with Gasteiger partial charge in [0.15, 0.2) is 5.82 Å². The van der Waals surface area contributed by atoms with Gasteiger partial charge in [-0.2, -0.15) is 10.1 Å². The van der Waals surface area contributed by atoms with Crippen LogP contribution in [0.5, 0.6) is 0 Å². The zero-order valence-corrected chi connectivity index (χ0v) is 26.3. The molecule has 11 nitrogen and oxygen atoms in total. The number of aryl methyl sites for hydroxylation is 2. The molecular weight excluding hydrogens is 558 g/mol. The number of hydroxylamine groups is 1. The summed E-state index contributed by atoms with van der Waals surface area (Å²) in [6.07, 6.45) is 3.66. The maximum absolute atomic E-state index is 14.3. The first-order valence-electron chi connectivity index (χ1n) is 14.8. The molecule has 0 atom stereocenters. The molecule has 0 radical (unpaired) electrons. The fourth-order valence-corrected chi connectivity index (χ4v) is 4.99. The molecule has 0 unspecified atom stereocenters. The second kappa shape index (κ2) is 12.5. The molecule has 3 heterocycles. The highest BCUT2D eigenvalue weighted by Crippen LogP contribution is 2.30. The largest absolute Gasteiger partial charge is 0.439 e. The lowest BCUT2D eigenvalue weighted by molar-refractivity contribution is 0.00472. The number of aromatic amines is 1. The highest BCUT2D eigenvalue weighted by atomic mass is 16.7. The smallest absolute Gasteiger partial charge is 0.296 e. The summed E-state index contributed by atoms with van der Waals surface area (Å²) in [5.41, 5.74) is 8.39. The molecule has 0 amide bonds. The minimum Gasteiger partial charge on any atom is -0.296 e. The molecule has 2 aromatic carbocycles. The molecular formula is C33H39N7O4. The Hall–Kier alpha value is -4.77. The van der Waals surface area contributed by atoms with Crippen molar-refractivity contribution in [2.45, 2.75) is 73.8 Å². The maximum atomic E-state index is 14.3. The third kappa shape index (κ3) is 6.42. The molecule has 3 aromatic heterocycles. The molecule has 11 heteroatoms. The van der Waals surface area contributed by atoms with Gasteiger partial charge >= 0.3 is 5.76 Å². The van der Waals surface area contributed by atoms with Crippen LogP contribution in [0.25, 0.3) is 34.5 Å². The Kier molecular flexibility index (Phi) is 8.68. The summed E-state index contributed by atoms with van der Waals surface area (Å²) in [5.74, 6) is 0.810. The zero-order valence-electron chi connectivity index (χ0n) is 26.3. The van der Waals surface area contributed by atoms with Crippen molar-refractivity contribution in [2.75, 3.05) is 0 Å². The molecule has 5 rings (SSSR count). The van der Waals surface area contributed by atoms with Crippen LogP contribution >= 0.6 is 0 Å². The minimum atomic E-state index is -0.606. The quantitative estimate of drug-likeness (QED) is 0.201. The van der Waals surface area contributed by atoms with Gasteiger partial charge in [-0.05, 0) is 43.9 Å². The summed E-state index contributed by atoms with van der Waals surface area (Å²) < 4.78 is 8.11. The Morgan fingerprint density at radius 3 is 2.41 bits per heavy atom. The second-order valence-corrected chi connectivity index (χ2v) is 12.1. The topological polar surface area (TPSA) is 132 Å². The monoisotopic (exact) mass is 597 g/mol. The number of nitrogens with zero attached hydrogens (tertiary/aromatic N) is 5. The summed E-state index contributed by atoms with van der Waals surface area (Å²) in [7, 11) is 0. The number of aromatic nitrogens is 6. The number of nitrogens with one attached hydrogen (secondary N) is 2. The van der Waals surface area contributed by atoms with Gasteiger partial charge in [-0.1, -0.05) is 87.8 Å². The lowest BCUT2D eigenvalue weighted by Crippen LogP contribution is -2.31. The summed E-state index contributed by atoms with van der Waals surface area (Å²) in [6, 6.07) is 15.7. The molecule has 230 valence electrons. The summed E-state index contributed by atoms with van der Waals surface area (Å²) in [5, 5.41) is 8.56. The van der Waals surface area contributed by atoms with Crippen LogP contribution in [0.4, 0.5) is 0 Å². The van der Waals surface area contributed by atoms with Gasteiger partial charge in [0.05, 0.1) is 17.5 Å². The molecule has 5 aromatic rings. The average molecular weight is 598 g/mol. The lowest BCUT2D eigenvalue weighted by atomic mass is 9.93. The average Bonchev–Trinajstić information content (AvgIpc) is 3.59. The van der Waals surface area contributed by atoms with E-state index in [1.165, 1.54) is 0 Å². The third-order valence-electron chi connectivity index (χ3n) is 7.22. The molecule has 0 spiro atoms. The molecule has 2 N–H and O–H groups in total. The Bertz CT molecular complexity index is 1920. The van der Waals surface area contributed by atoms with Crippen molar-refractivity contribution < 1.29 is 9.36 Å². The number of hydrogen-bond acceptors (Lipinski definition) is 8. The third-order valence-corrected chi connectivity index (χ3v) is 7.22. The summed E-state index contributed by atoms with van der Waals surface area (Å²) in [6.45, 7) is 14.0. The van der Waals surface area contributed by atoms with E-state index in [-0.39, 0.29) is 17.1 Å². The first-order chi connectivity index (χ1) is 21.0. The van der Waals surface area contributed by atoms with E-state index in [1.54, 1.807) is 15.3 Å². The van der Waals surface area contributed by atoms with Crippen molar-refractivity contribution in [3.05, 3.63) is 97.8 Å². The maximum Gasteiger partial charge on any atom is 0.439 e. The van der Waals surface area contributed by atoms with E-state index in [4.69, 9.17) is 14.5 Å². The van der Waals surface area contributed by atoms with Crippen LogP contribution in [-0.4, -0.2) is 35.4 Å². The van der Waals surface area contributed by atoms with Crippen LogP contribution in [0.2, 0.25) is 0 Å². The van der Waals surface area contributed by atoms with Crippen LogP contribution in [-0.2, 0) is 17.7 Å². The predicted molar refractivity (Wildman–Crippen MR) is 170 cm³/mol. The fourth-order valence-electron chi connectivity index (χ4n) is 4.99. The zero-order chi connectivity index (χ0) is 31.6. The number of allylic oxidation sites excluding steroid dienone is 1. The second-order valence-electron chi connectivity index (χ2n) is 12.1. The number of benzene rings is 2. The Labute approximate surface area is 255 Å². The van der Waals surface area contributed by atoms with E-state index < -0.39 is 5.76 Å². The van der Waals surface area contributed by atoms with Gasteiger partial charge in [0, 0.05) is 29.2 Å². The normalized spacial score (nSPS) is 12.4.